The highest BCUT2D eigenvalue weighted by Gasteiger charge is 1.99. The molecule has 0 aliphatic heterocycles. The van der Waals surface area contributed by atoms with Gasteiger partial charge in [0.15, 0.2) is 0 Å². The Balaban J connectivity index is 2.55. The van der Waals surface area contributed by atoms with Gasteiger partial charge in [-0.3, -0.25) is 0 Å². The second kappa shape index (κ2) is 2.95. The van der Waals surface area contributed by atoms with E-state index in [1.54, 1.807) is 18.0 Å². The SMILES string of the molecule is COCn1ncc2[c]cccc21. The van der Waals surface area contributed by atoms with Crippen LogP contribution in [0.15, 0.2) is 24.4 Å². The molecule has 0 aliphatic carbocycles. The quantitative estimate of drug-likeness (QED) is 0.666. The van der Waals surface area contributed by atoms with Crippen LogP contribution in [0.1, 0.15) is 0 Å². The Morgan fingerprint density at radius 3 is 3.42 bits per heavy atom. The van der Waals surface area contributed by atoms with E-state index >= 15 is 0 Å². The molecule has 3 nitrogen and oxygen atoms in total. The summed E-state index contributed by atoms with van der Waals surface area (Å²) in [5.74, 6) is 0. The van der Waals surface area contributed by atoms with Crippen molar-refractivity contribution in [3.8, 4) is 0 Å². The zero-order chi connectivity index (χ0) is 8.39. The predicted molar refractivity (Wildman–Crippen MR) is 45.6 cm³/mol. The highest BCUT2D eigenvalue weighted by molar-refractivity contribution is 5.77. The maximum atomic E-state index is 4.98. The van der Waals surface area contributed by atoms with Crippen LogP contribution in [0.5, 0.6) is 0 Å². The molecule has 1 radical (unpaired) electrons. The summed E-state index contributed by atoms with van der Waals surface area (Å²) in [6.07, 6.45) is 1.79. The molecule has 12 heavy (non-hydrogen) atoms. The van der Waals surface area contributed by atoms with Crippen molar-refractivity contribution in [3.63, 3.8) is 0 Å². The molecular formula is C9H9N2O. The number of aromatic nitrogens is 2. The number of ether oxygens (including phenoxy) is 1. The monoisotopic (exact) mass is 161 g/mol. The topological polar surface area (TPSA) is 27.1 Å². The van der Waals surface area contributed by atoms with E-state index in [2.05, 4.69) is 11.2 Å². The van der Waals surface area contributed by atoms with Crippen LogP contribution in [0.4, 0.5) is 0 Å². The summed E-state index contributed by atoms with van der Waals surface area (Å²) in [6, 6.07) is 8.91. The van der Waals surface area contributed by atoms with Gasteiger partial charge in [0, 0.05) is 12.5 Å². The number of nitrogens with zero attached hydrogens (tertiary/aromatic N) is 2. The van der Waals surface area contributed by atoms with Gasteiger partial charge in [-0.05, 0) is 12.1 Å². The lowest BCUT2D eigenvalue weighted by Gasteiger charge is -1.99. The Bertz CT molecular complexity index is 381. The van der Waals surface area contributed by atoms with Crippen molar-refractivity contribution in [2.45, 2.75) is 6.73 Å². The average molecular weight is 161 g/mol. The maximum absolute atomic E-state index is 4.98. The molecule has 0 spiro atoms. The molecule has 0 unspecified atom stereocenters. The highest BCUT2D eigenvalue weighted by Crippen LogP contribution is 2.11. The zero-order valence-corrected chi connectivity index (χ0v) is 6.82. The first-order chi connectivity index (χ1) is 5.92. The Morgan fingerprint density at radius 2 is 2.58 bits per heavy atom. The van der Waals surface area contributed by atoms with E-state index < -0.39 is 0 Å². The Hall–Kier alpha value is -1.35. The minimum atomic E-state index is 0.487. The van der Waals surface area contributed by atoms with E-state index in [4.69, 9.17) is 4.74 Å². The van der Waals surface area contributed by atoms with Crippen LogP contribution in [-0.2, 0) is 11.5 Å². The van der Waals surface area contributed by atoms with Crippen LogP contribution in [0, 0.1) is 6.07 Å². The summed E-state index contributed by atoms with van der Waals surface area (Å²) in [5, 5.41) is 5.17. The Kier molecular flexibility index (Phi) is 1.80. The van der Waals surface area contributed by atoms with Crippen molar-refractivity contribution in [2.75, 3.05) is 7.11 Å². The van der Waals surface area contributed by atoms with Crippen LogP contribution in [-0.4, -0.2) is 16.9 Å². The number of methoxy groups -OCH3 is 1. The molecule has 0 saturated carbocycles. The van der Waals surface area contributed by atoms with Crippen LogP contribution < -0.4 is 0 Å². The normalized spacial score (nSPS) is 10.8. The van der Waals surface area contributed by atoms with Crippen LogP contribution in [0.25, 0.3) is 10.9 Å². The van der Waals surface area contributed by atoms with Crippen molar-refractivity contribution in [2.24, 2.45) is 0 Å². The third-order valence-corrected chi connectivity index (χ3v) is 1.72. The number of fused-ring (bicyclic) bond motifs is 1. The van der Waals surface area contributed by atoms with Gasteiger partial charge >= 0.3 is 0 Å². The molecule has 0 N–H and O–H groups in total. The van der Waals surface area contributed by atoms with Gasteiger partial charge in [-0.1, -0.05) is 12.1 Å². The van der Waals surface area contributed by atoms with E-state index in [1.165, 1.54) is 0 Å². The summed E-state index contributed by atoms with van der Waals surface area (Å²) in [7, 11) is 1.65. The predicted octanol–water partition coefficient (Wildman–Crippen LogP) is 1.44. The van der Waals surface area contributed by atoms with Crippen LogP contribution in [0.3, 0.4) is 0 Å². The van der Waals surface area contributed by atoms with Gasteiger partial charge in [0.05, 0.1) is 11.7 Å². The fourth-order valence-corrected chi connectivity index (χ4v) is 1.18. The second-order valence-electron chi connectivity index (χ2n) is 2.53. The Labute approximate surface area is 70.6 Å². The Morgan fingerprint density at radius 1 is 1.67 bits per heavy atom. The van der Waals surface area contributed by atoms with E-state index in [1.807, 2.05) is 18.2 Å². The second-order valence-corrected chi connectivity index (χ2v) is 2.53. The summed E-state index contributed by atoms with van der Waals surface area (Å²) < 4.78 is 6.78. The lowest BCUT2D eigenvalue weighted by Crippen LogP contribution is -2.00. The van der Waals surface area contributed by atoms with Gasteiger partial charge in [0.25, 0.3) is 0 Å². The molecule has 3 heteroatoms. The van der Waals surface area contributed by atoms with Crippen molar-refractivity contribution in [3.05, 3.63) is 30.5 Å². The minimum absolute atomic E-state index is 0.487. The number of hydrogen-bond donors (Lipinski definition) is 0. The first-order valence-corrected chi connectivity index (χ1v) is 3.73. The minimum Gasteiger partial charge on any atom is -0.362 e. The van der Waals surface area contributed by atoms with Gasteiger partial charge in [-0.15, -0.1) is 0 Å². The average Bonchev–Trinajstić information content (AvgIpc) is 2.50. The highest BCUT2D eigenvalue weighted by atomic mass is 16.5. The lowest BCUT2D eigenvalue weighted by atomic mass is 10.3. The third kappa shape index (κ3) is 1.08. The molecular weight excluding hydrogens is 152 g/mol. The van der Waals surface area contributed by atoms with E-state index in [9.17, 15) is 0 Å². The van der Waals surface area contributed by atoms with Gasteiger partial charge in [0.1, 0.15) is 6.73 Å². The van der Waals surface area contributed by atoms with Crippen LogP contribution in [0.2, 0.25) is 0 Å². The zero-order valence-electron chi connectivity index (χ0n) is 6.82. The van der Waals surface area contributed by atoms with Gasteiger partial charge in [-0.2, -0.15) is 5.10 Å². The fourth-order valence-electron chi connectivity index (χ4n) is 1.18. The van der Waals surface area contributed by atoms with Crippen molar-refractivity contribution < 1.29 is 4.74 Å². The summed E-state index contributed by atoms with van der Waals surface area (Å²) >= 11 is 0. The summed E-state index contributed by atoms with van der Waals surface area (Å²) in [6.45, 7) is 0.487. The number of benzene rings is 1. The van der Waals surface area contributed by atoms with Crippen molar-refractivity contribution in [1.29, 1.82) is 0 Å². The molecule has 2 aromatic rings. The third-order valence-electron chi connectivity index (χ3n) is 1.72. The van der Waals surface area contributed by atoms with Crippen molar-refractivity contribution in [1.82, 2.24) is 9.78 Å². The molecule has 0 atom stereocenters. The van der Waals surface area contributed by atoms with Crippen LogP contribution >= 0.6 is 0 Å². The number of rotatable bonds is 2. The standard InChI is InChI=1S/C9H9N2O/c1-12-7-11-9-5-3-2-4-8(9)6-10-11/h2-3,5-6H,7H2,1H3. The molecule has 0 saturated heterocycles. The van der Waals surface area contributed by atoms with Gasteiger partial charge < -0.3 is 4.74 Å². The smallest absolute Gasteiger partial charge is 0.139 e. The molecule has 2 rings (SSSR count). The molecule has 61 valence electrons. The summed E-state index contributed by atoms with van der Waals surface area (Å²) in [5.41, 5.74) is 1.05. The molecule has 0 bridgehead atoms. The maximum Gasteiger partial charge on any atom is 0.139 e. The molecule has 1 aromatic heterocycles. The molecule has 0 aliphatic rings. The van der Waals surface area contributed by atoms with E-state index in [0.29, 0.717) is 6.73 Å². The molecule has 1 heterocycles. The van der Waals surface area contributed by atoms with Crippen molar-refractivity contribution >= 4 is 10.9 Å². The fraction of sp³-hybridized carbons (Fsp3) is 0.222. The molecule has 1 aromatic carbocycles. The number of hydrogen-bond acceptors (Lipinski definition) is 2. The summed E-state index contributed by atoms with van der Waals surface area (Å²) in [4.78, 5) is 0. The largest absolute Gasteiger partial charge is 0.362 e. The van der Waals surface area contributed by atoms with Gasteiger partial charge in [0.2, 0.25) is 0 Å². The molecule has 0 fully saturated rings. The van der Waals surface area contributed by atoms with E-state index in [0.717, 1.165) is 10.9 Å². The van der Waals surface area contributed by atoms with E-state index in [-0.39, 0.29) is 0 Å². The first kappa shape index (κ1) is 7.31. The van der Waals surface area contributed by atoms with Gasteiger partial charge in [-0.25, -0.2) is 4.68 Å². The lowest BCUT2D eigenvalue weighted by molar-refractivity contribution is 0.124. The first-order valence-electron chi connectivity index (χ1n) is 3.73. The molecule has 0 amide bonds.